The second kappa shape index (κ2) is 9.88. The molecule has 0 aliphatic carbocycles. The molecule has 26 heavy (non-hydrogen) atoms. The first-order valence-electron chi connectivity index (χ1n) is 7.84. The van der Waals surface area contributed by atoms with Crippen molar-refractivity contribution >= 4 is 35.6 Å². The van der Waals surface area contributed by atoms with Crippen LogP contribution in [0.1, 0.15) is 11.1 Å². The SMILES string of the molecule is COCc1ccccc1NC(N)=NCc1ccc(-n2cncn2)cc1.I. The average molecular weight is 464 g/mol. The molecule has 0 unspecified atom stereocenters. The topological polar surface area (TPSA) is 90.3 Å². The molecule has 136 valence electrons. The molecule has 0 amide bonds. The van der Waals surface area contributed by atoms with Crippen LogP contribution < -0.4 is 11.1 Å². The number of aliphatic imine (C=N–C) groups is 1. The van der Waals surface area contributed by atoms with Gasteiger partial charge in [-0.25, -0.2) is 14.7 Å². The molecule has 0 radical (unpaired) electrons. The van der Waals surface area contributed by atoms with Crippen LogP contribution in [-0.2, 0) is 17.9 Å². The van der Waals surface area contributed by atoms with E-state index in [1.54, 1.807) is 18.1 Å². The van der Waals surface area contributed by atoms with Crippen molar-refractivity contribution in [2.45, 2.75) is 13.2 Å². The molecule has 0 saturated carbocycles. The monoisotopic (exact) mass is 464 g/mol. The Morgan fingerprint density at radius 3 is 2.65 bits per heavy atom. The maximum atomic E-state index is 6.00. The number of nitrogens with one attached hydrogen (secondary N) is 1. The van der Waals surface area contributed by atoms with Gasteiger partial charge in [-0.1, -0.05) is 30.3 Å². The normalized spacial score (nSPS) is 11.0. The van der Waals surface area contributed by atoms with Crippen molar-refractivity contribution in [3.8, 4) is 5.69 Å². The summed E-state index contributed by atoms with van der Waals surface area (Å²) >= 11 is 0. The van der Waals surface area contributed by atoms with Crippen LogP contribution in [0.3, 0.4) is 0 Å². The minimum Gasteiger partial charge on any atom is -0.380 e. The van der Waals surface area contributed by atoms with E-state index >= 15 is 0 Å². The predicted molar refractivity (Wildman–Crippen MR) is 113 cm³/mol. The first-order chi connectivity index (χ1) is 12.3. The fourth-order valence-corrected chi connectivity index (χ4v) is 2.37. The highest BCUT2D eigenvalue weighted by atomic mass is 127. The summed E-state index contributed by atoms with van der Waals surface area (Å²) in [4.78, 5) is 8.33. The molecule has 0 saturated heterocycles. The Hall–Kier alpha value is -2.46. The van der Waals surface area contributed by atoms with Crippen LogP contribution in [0, 0.1) is 0 Å². The van der Waals surface area contributed by atoms with Crippen molar-refractivity contribution in [1.29, 1.82) is 0 Å². The highest BCUT2D eigenvalue weighted by Crippen LogP contribution is 2.15. The number of nitrogens with two attached hydrogens (primary N) is 1. The number of guanidine groups is 1. The van der Waals surface area contributed by atoms with E-state index in [1.807, 2.05) is 48.5 Å². The van der Waals surface area contributed by atoms with E-state index in [4.69, 9.17) is 10.5 Å². The lowest BCUT2D eigenvalue weighted by Gasteiger charge is -2.11. The van der Waals surface area contributed by atoms with E-state index in [9.17, 15) is 0 Å². The van der Waals surface area contributed by atoms with E-state index in [-0.39, 0.29) is 24.0 Å². The third kappa shape index (κ3) is 5.27. The Kier molecular flexibility index (Phi) is 7.54. The Labute approximate surface area is 169 Å². The molecule has 0 spiro atoms. The molecular formula is C18H21IN6O. The fourth-order valence-electron chi connectivity index (χ4n) is 2.37. The number of anilines is 1. The number of halogens is 1. The average Bonchev–Trinajstić information content (AvgIpc) is 3.17. The summed E-state index contributed by atoms with van der Waals surface area (Å²) in [5.41, 5.74) is 9.93. The Bertz CT molecular complexity index is 833. The quantitative estimate of drug-likeness (QED) is 0.333. The van der Waals surface area contributed by atoms with Crippen LogP contribution in [-0.4, -0.2) is 27.8 Å². The second-order valence-electron chi connectivity index (χ2n) is 5.42. The van der Waals surface area contributed by atoms with Crippen molar-refractivity contribution in [2.24, 2.45) is 10.7 Å². The van der Waals surface area contributed by atoms with E-state index < -0.39 is 0 Å². The van der Waals surface area contributed by atoms with Gasteiger partial charge in [-0.15, -0.1) is 24.0 Å². The summed E-state index contributed by atoms with van der Waals surface area (Å²) in [6.45, 7) is 1.00. The first-order valence-corrected chi connectivity index (χ1v) is 7.84. The zero-order valence-corrected chi connectivity index (χ0v) is 16.7. The highest BCUT2D eigenvalue weighted by molar-refractivity contribution is 14.0. The number of benzene rings is 2. The van der Waals surface area contributed by atoms with Gasteiger partial charge in [-0.3, -0.25) is 0 Å². The summed E-state index contributed by atoms with van der Waals surface area (Å²) in [6, 6.07) is 15.8. The number of methoxy groups -OCH3 is 1. The van der Waals surface area contributed by atoms with Crippen LogP contribution >= 0.6 is 24.0 Å². The van der Waals surface area contributed by atoms with Gasteiger partial charge in [0.25, 0.3) is 0 Å². The van der Waals surface area contributed by atoms with Crippen LogP contribution in [0.2, 0.25) is 0 Å². The lowest BCUT2D eigenvalue weighted by atomic mass is 10.2. The molecule has 1 aromatic heterocycles. The van der Waals surface area contributed by atoms with Gasteiger partial charge < -0.3 is 15.8 Å². The largest absolute Gasteiger partial charge is 0.380 e. The standard InChI is InChI=1S/C18H20N6O.HI/c1-25-11-15-4-2-3-5-17(15)23-18(19)21-10-14-6-8-16(9-7-14)24-13-20-12-22-24;/h2-9,12-13H,10-11H2,1H3,(H3,19,21,23);1H. The number of ether oxygens (including phenoxy) is 1. The number of para-hydroxylation sites is 1. The first kappa shape index (κ1) is 19.9. The number of hydrogen-bond acceptors (Lipinski definition) is 4. The van der Waals surface area contributed by atoms with Crippen LogP contribution in [0.25, 0.3) is 5.69 Å². The van der Waals surface area contributed by atoms with Crippen molar-refractivity contribution in [3.63, 3.8) is 0 Å². The number of rotatable bonds is 6. The molecule has 1 heterocycles. The van der Waals surface area contributed by atoms with Crippen LogP contribution in [0.15, 0.2) is 66.2 Å². The molecule has 2 aromatic carbocycles. The molecule has 8 heteroatoms. The molecule has 0 aliphatic rings. The van der Waals surface area contributed by atoms with Crippen LogP contribution in [0.5, 0.6) is 0 Å². The number of aromatic nitrogens is 3. The van der Waals surface area contributed by atoms with E-state index in [1.165, 1.54) is 6.33 Å². The lowest BCUT2D eigenvalue weighted by Crippen LogP contribution is -2.23. The summed E-state index contributed by atoms with van der Waals surface area (Å²) < 4.78 is 6.89. The minimum atomic E-state index is 0. The highest BCUT2D eigenvalue weighted by Gasteiger charge is 2.03. The Morgan fingerprint density at radius 1 is 1.19 bits per heavy atom. The Morgan fingerprint density at radius 2 is 1.96 bits per heavy atom. The summed E-state index contributed by atoms with van der Waals surface area (Å²) in [6.07, 6.45) is 3.17. The van der Waals surface area contributed by atoms with Crippen molar-refractivity contribution < 1.29 is 4.74 Å². The summed E-state index contributed by atoms with van der Waals surface area (Å²) in [5, 5.41) is 7.22. The number of hydrogen-bond donors (Lipinski definition) is 2. The van der Waals surface area contributed by atoms with Gasteiger partial charge in [-0.2, -0.15) is 5.10 Å². The summed E-state index contributed by atoms with van der Waals surface area (Å²) in [5.74, 6) is 0.365. The molecule has 3 N–H and O–H groups in total. The summed E-state index contributed by atoms with van der Waals surface area (Å²) in [7, 11) is 1.66. The van der Waals surface area contributed by atoms with Gasteiger partial charge in [0.2, 0.25) is 0 Å². The smallest absolute Gasteiger partial charge is 0.193 e. The molecule has 3 aromatic rings. The van der Waals surface area contributed by atoms with E-state index in [0.29, 0.717) is 19.1 Å². The molecule has 7 nitrogen and oxygen atoms in total. The Balaban J connectivity index is 0.00000243. The zero-order valence-electron chi connectivity index (χ0n) is 14.4. The minimum absolute atomic E-state index is 0. The van der Waals surface area contributed by atoms with Crippen molar-refractivity contribution in [2.75, 3.05) is 12.4 Å². The molecular weight excluding hydrogens is 443 g/mol. The molecule has 0 bridgehead atoms. The molecule has 3 rings (SSSR count). The van der Waals surface area contributed by atoms with Gasteiger partial charge in [0.1, 0.15) is 12.7 Å². The second-order valence-corrected chi connectivity index (χ2v) is 5.42. The predicted octanol–water partition coefficient (Wildman–Crippen LogP) is 2.96. The maximum absolute atomic E-state index is 6.00. The lowest BCUT2D eigenvalue weighted by molar-refractivity contribution is 0.185. The van der Waals surface area contributed by atoms with Crippen molar-refractivity contribution in [3.05, 3.63) is 72.3 Å². The van der Waals surface area contributed by atoms with Gasteiger partial charge >= 0.3 is 0 Å². The van der Waals surface area contributed by atoms with Crippen LogP contribution in [0.4, 0.5) is 5.69 Å². The van der Waals surface area contributed by atoms with E-state index in [2.05, 4.69) is 20.4 Å². The fraction of sp³-hybridized carbons (Fsp3) is 0.167. The maximum Gasteiger partial charge on any atom is 0.193 e. The van der Waals surface area contributed by atoms with Gasteiger partial charge in [-0.05, 0) is 23.8 Å². The van der Waals surface area contributed by atoms with E-state index in [0.717, 1.165) is 22.5 Å². The number of nitrogens with zero attached hydrogens (tertiary/aromatic N) is 4. The zero-order chi connectivity index (χ0) is 17.5. The molecule has 0 atom stereocenters. The molecule has 0 fully saturated rings. The van der Waals surface area contributed by atoms with Crippen molar-refractivity contribution in [1.82, 2.24) is 14.8 Å². The third-order valence-corrected chi connectivity index (χ3v) is 3.63. The third-order valence-electron chi connectivity index (χ3n) is 3.63. The van der Waals surface area contributed by atoms with Gasteiger partial charge in [0.05, 0.1) is 18.8 Å². The molecule has 0 aliphatic heterocycles. The van der Waals surface area contributed by atoms with Gasteiger partial charge in [0.15, 0.2) is 5.96 Å². The van der Waals surface area contributed by atoms with Gasteiger partial charge in [0, 0.05) is 18.4 Å².